The third-order valence-corrected chi connectivity index (χ3v) is 1.98. The maximum Gasteiger partial charge on any atom is 0.327 e. The van der Waals surface area contributed by atoms with Gasteiger partial charge in [-0.3, -0.25) is 9.80 Å². The van der Waals surface area contributed by atoms with Crippen molar-refractivity contribution in [1.82, 2.24) is 5.01 Å². The molecule has 0 amide bonds. The first-order chi connectivity index (χ1) is 8.37. The molecule has 0 spiro atoms. The standard InChI is InChI=1S/C14H20N2O2/c1-14(2,3)18-13(17)11-16(4)15-10-12-8-6-5-7-9-12/h5-10H,11H2,1-4H3/b15-10+. The van der Waals surface area contributed by atoms with Crippen molar-refractivity contribution in [1.29, 1.82) is 0 Å². The van der Waals surface area contributed by atoms with Crippen molar-refractivity contribution in [3.63, 3.8) is 0 Å². The largest absolute Gasteiger partial charge is 0.459 e. The molecule has 0 bridgehead atoms. The van der Waals surface area contributed by atoms with E-state index in [1.807, 2.05) is 51.1 Å². The molecule has 0 aliphatic carbocycles. The predicted molar refractivity (Wildman–Crippen MR) is 72.5 cm³/mol. The van der Waals surface area contributed by atoms with Crippen molar-refractivity contribution in [3.05, 3.63) is 35.9 Å². The average Bonchev–Trinajstić information content (AvgIpc) is 2.25. The molecule has 0 aromatic heterocycles. The van der Waals surface area contributed by atoms with E-state index >= 15 is 0 Å². The van der Waals surface area contributed by atoms with Gasteiger partial charge in [-0.15, -0.1) is 0 Å². The first-order valence-corrected chi connectivity index (χ1v) is 5.89. The normalized spacial score (nSPS) is 11.6. The summed E-state index contributed by atoms with van der Waals surface area (Å²) in [6.45, 7) is 5.68. The van der Waals surface area contributed by atoms with Crippen LogP contribution in [-0.2, 0) is 9.53 Å². The van der Waals surface area contributed by atoms with Gasteiger partial charge >= 0.3 is 5.97 Å². The Labute approximate surface area is 108 Å². The van der Waals surface area contributed by atoms with Gasteiger partial charge in [0.1, 0.15) is 12.1 Å². The van der Waals surface area contributed by atoms with Gasteiger partial charge < -0.3 is 4.74 Å². The lowest BCUT2D eigenvalue weighted by Gasteiger charge is -2.21. The molecule has 0 heterocycles. The number of carbonyl (C=O) groups excluding carboxylic acids is 1. The van der Waals surface area contributed by atoms with Crippen LogP contribution >= 0.6 is 0 Å². The van der Waals surface area contributed by atoms with Gasteiger partial charge in [-0.05, 0) is 26.3 Å². The summed E-state index contributed by atoms with van der Waals surface area (Å²) >= 11 is 0. The second-order valence-corrected chi connectivity index (χ2v) is 5.06. The van der Waals surface area contributed by atoms with E-state index in [4.69, 9.17) is 4.74 Å². The van der Waals surface area contributed by atoms with Gasteiger partial charge in [-0.1, -0.05) is 30.3 Å². The molecule has 0 fully saturated rings. The Balaban J connectivity index is 2.45. The molecule has 4 nitrogen and oxygen atoms in total. The summed E-state index contributed by atoms with van der Waals surface area (Å²) in [4.78, 5) is 11.5. The summed E-state index contributed by atoms with van der Waals surface area (Å²) in [6, 6.07) is 9.72. The molecular formula is C14H20N2O2. The highest BCUT2D eigenvalue weighted by Gasteiger charge is 2.16. The molecule has 1 aromatic carbocycles. The lowest BCUT2D eigenvalue weighted by Crippen LogP contribution is -2.30. The average molecular weight is 248 g/mol. The van der Waals surface area contributed by atoms with Gasteiger partial charge in [0.2, 0.25) is 0 Å². The van der Waals surface area contributed by atoms with E-state index < -0.39 is 5.60 Å². The molecule has 0 saturated carbocycles. The number of hydrogen-bond donors (Lipinski definition) is 0. The van der Waals surface area contributed by atoms with Crippen LogP contribution < -0.4 is 0 Å². The van der Waals surface area contributed by atoms with Crippen LogP contribution in [0.5, 0.6) is 0 Å². The molecule has 0 N–H and O–H groups in total. The number of rotatable bonds is 4. The molecule has 18 heavy (non-hydrogen) atoms. The van der Waals surface area contributed by atoms with Gasteiger partial charge in [-0.2, -0.15) is 5.10 Å². The minimum absolute atomic E-state index is 0.139. The fraction of sp³-hybridized carbons (Fsp3) is 0.429. The molecule has 0 aliphatic heterocycles. The second-order valence-electron chi connectivity index (χ2n) is 5.06. The zero-order valence-electron chi connectivity index (χ0n) is 11.4. The van der Waals surface area contributed by atoms with Crippen molar-refractivity contribution in [2.75, 3.05) is 13.6 Å². The Kier molecular flexibility index (Phi) is 4.89. The topological polar surface area (TPSA) is 41.9 Å². The van der Waals surface area contributed by atoms with Crippen LogP contribution in [0.2, 0.25) is 0 Å². The Morgan fingerprint density at radius 1 is 1.33 bits per heavy atom. The van der Waals surface area contributed by atoms with Gasteiger partial charge in [0.25, 0.3) is 0 Å². The number of benzene rings is 1. The van der Waals surface area contributed by atoms with E-state index in [-0.39, 0.29) is 12.5 Å². The Hall–Kier alpha value is -1.84. The van der Waals surface area contributed by atoms with Crippen LogP contribution in [0.1, 0.15) is 26.3 Å². The van der Waals surface area contributed by atoms with Crippen LogP contribution in [0.4, 0.5) is 0 Å². The molecule has 4 heteroatoms. The molecule has 1 aromatic rings. The summed E-state index contributed by atoms with van der Waals surface area (Å²) in [6.07, 6.45) is 1.71. The Morgan fingerprint density at radius 2 is 1.94 bits per heavy atom. The zero-order valence-corrected chi connectivity index (χ0v) is 11.4. The van der Waals surface area contributed by atoms with Crippen LogP contribution in [-0.4, -0.2) is 36.4 Å². The van der Waals surface area contributed by atoms with Crippen LogP contribution in [0.15, 0.2) is 35.4 Å². The monoisotopic (exact) mass is 248 g/mol. The minimum atomic E-state index is -0.457. The number of ether oxygens (including phenoxy) is 1. The number of esters is 1. The third kappa shape index (κ3) is 6.03. The summed E-state index contributed by atoms with van der Waals surface area (Å²) in [5.74, 6) is -0.282. The van der Waals surface area contributed by atoms with E-state index in [2.05, 4.69) is 5.10 Å². The molecule has 0 aliphatic rings. The summed E-state index contributed by atoms with van der Waals surface area (Å²) in [7, 11) is 1.74. The molecule has 1 rings (SSSR count). The molecule has 0 saturated heterocycles. The molecule has 0 radical (unpaired) electrons. The lowest BCUT2D eigenvalue weighted by molar-refractivity contribution is -0.155. The van der Waals surface area contributed by atoms with Crippen molar-refractivity contribution in [3.8, 4) is 0 Å². The van der Waals surface area contributed by atoms with E-state index in [1.165, 1.54) is 0 Å². The van der Waals surface area contributed by atoms with Crippen molar-refractivity contribution >= 4 is 12.2 Å². The Morgan fingerprint density at radius 3 is 2.50 bits per heavy atom. The highest BCUT2D eigenvalue weighted by molar-refractivity contribution is 5.79. The highest BCUT2D eigenvalue weighted by Crippen LogP contribution is 2.07. The Bertz CT molecular complexity index is 408. The van der Waals surface area contributed by atoms with E-state index in [0.29, 0.717) is 0 Å². The number of hydrogen-bond acceptors (Lipinski definition) is 4. The lowest BCUT2D eigenvalue weighted by atomic mass is 10.2. The minimum Gasteiger partial charge on any atom is -0.459 e. The second kappa shape index (κ2) is 6.19. The molecular weight excluding hydrogens is 228 g/mol. The molecule has 0 atom stereocenters. The summed E-state index contributed by atoms with van der Waals surface area (Å²) in [5, 5.41) is 5.73. The van der Waals surface area contributed by atoms with Crippen molar-refractivity contribution in [2.45, 2.75) is 26.4 Å². The van der Waals surface area contributed by atoms with E-state index in [1.54, 1.807) is 18.3 Å². The fourth-order valence-corrected chi connectivity index (χ4v) is 1.31. The zero-order chi connectivity index (χ0) is 13.6. The van der Waals surface area contributed by atoms with Gasteiger partial charge in [0.15, 0.2) is 0 Å². The number of carbonyl (C=O) groups is 1. The first-order valence-electron chi connectivity index (χ1n) is 5.89. The quantitative estimate of drug-likeness (QED) is 0.466. The van der Waals surface area contributed by atoms with Crippen LogP contribution in [0.3, 0.4) is 0 Å². The molecule has 0 unspecified atom stereocenters. The van der Waals surface area contributed by atoms with Gasteiger partial charge in [0, 0.05) is 7.05 Å². The van der Waals surface area contributed by atoms with Crippen LogP contribution in [0, 0.1) is 0 Å². The fourth-order valence-electron chi connectivity index (χ4n) is 1.31. The third-order valence-electron chi connectivity index (χ3n) is 1.98. The van der Waals surface area contributed by atoms with Crippen LogP contribution in [0.25, 0.3) is 0 Å². The number of hydrazone groups is 1. The maximum absolute atomic E-state index is 11.5. The smallest absolute Gasteiger partial charge is 0.327 e. The van der Waals surface area contributed by atoms with E-state index in [0.717, 1.165) is 5.56 Å². The number of nitrogens with zero attached hydrogens (tertiary/aromatic N) is 2. The predicted octanol–water partition coefficient (Wildman–Crippen LogP) is 2.29. The highest BCUT2D eigenvalue weighted by atomic mass is 16.6. The maximum atomic E-state index is 11.5. The number of likely N-dealkylation sites (N-methyl/N-ethyl adjacent to an activating group) is 1. The summed E-state index contributed by atoms with van der Waals surface area (Å²) < 4.78 is 5.21. The summed E-state index contributed by atoms with van der Waals surface area (Å²) in [5.41, 5.74) is 0.537. The van der Waals surface area contributed by atoms with E-state index in [9.17, 15) is 4.79 Å². The first kappa shape index (κ1) is 14.2. The van der Waals surface area contributed by atoms with Crippen molar-refractivity contribution < 1.29 is 9.53 Å². The SMILES string of the molecule is CN(CC(=O)OC(C)(C)C)/N=C/c1ccccc1. The van der Waals surface area contributed by atoms with Gasteiger partial charge in [-0.25, -0.2) is 0 Å². The van der Waals surface area contributed by atoms with Crippen molar-refractivity contribution in [2.24, 2.45) is 5.10 Å². The van der Waals surface area contributed by atoms with Gasteiger partial charge in [0.05, 0.1) is 6.21 Å². The molecule has 98 valence electrons.